The van der Waals surface area contributed by atoms with Crippen molar-refractivity contribution in [1.29, 1.82) is 0 Å². The van der Waals surface area contributed by atoms with Gasteiger partial charge in [-0.25, -0.2) is 0 Å². The SMILES string of the molecule is C[C-](C(C)(C)C)C(C)(C)O.[Re]. The van der Waals surface area contributed by atoms with Crippen molar-refractivity contribution in [3.05, 3.63) is 5.92 Å². The van der Waals surface area contributed by atoms with Gasteiger partial charge in [0.1, 0.15) is 0 Å². The van der Waals surface area contributed by atoms with Crippen molar-refractivity contribution in [2.75, 3.05) is 0 Å². The van der Waals surface area contributed by atoms with Crippen molar-refractivity contribution in [3.8, 4) is 0 Å². The molecule has 0 rings (SSSR count). The summed E-state index contributed by atoms with van der Waals surface area (Å²) in [7, 11) is 0. The van der Waals surface area contributed by atoms with Crippen molar-refractivity contribution >= 4 is 0 Å². The number of hydrogen-bond donors (Lipinski definition) is 1. The van der Waals surface area contributed by atoms with Crippen molar-refractivity contribution in [2.45, 2.75) is 47.1 Å². The molecule has 0 heterocycles. The van der Waals surface area contributed by atoms with Gasteiger partial charge in [-0.15, -0.1) is 0 Å². The van der Waals surface area contributed by atoms with Crippen LogP contribution >= 0.6 is 0 Å². The Morgan fingerprint density at radius 1 is 1.00 bits per heavy atom. The fraction of sp³-hybridized carbons (Fsp3) is 0.889. The Morgan fingerprint density at radius 3 is 1.27 bits per heavy atom. The number of aliphatic hydroxyl groups is 1. The van der Waals surface area contributed by atoms with Crippen LogP contribution in [0.15, 0.2) is 0 Å². The molecule has 69 valence electrons. The number of hydrogen-bond acceptors (Lipinski definition) is 1. The molecule has 0 aromatic rings. The molecular formula is C9H19ORe-. The second-order valence-corrected chi connectivity index (χ2v) is 4.43. The van der Waals surface area contributed by atoms with E-state index in [0.29, 0.717) is 0 Å². The average Bonchev–Trinajstić information content (AvgIpc) is 1.59. The standard InChI is InChI=1S/C9H19O.Re/c1-7(8(2,3)4)9(5,6)10;/h10H,1-6H3;/q-1;. The van der Waals surface area contributed by atoms with E-state index < -0.39 is 5.60 Å². The average molecular weight is 329 g/mol. The summed E-state index contributed by atoms with van der Waals surface area (Å²) in [5.41, 5.74) is -0.531. The first-order valence-electron chi connectivity index (χ1n) is 3.72. The molecule has 0 amide bonds. The van der Waals surface area contributed by atoms with E-state index in [4.69, 9.17) is 0 Å². The largest absolute Gasteiger partial charge is 0.422 e. The summed E-state index contributed by atoms with van der Waals surface area (Å²) in [5.74, 6) is 1.13. The van der Waals surface area contributed by atoms with Gasteiger partial charge < -0.3 is 5.11 Å². The van der Waals surface area contributed by atoms with Gasteiger partial charge in [0.05, 0.1) is 0 Å². The summed E-state index contributed by atoms with van der Waals surface area (Å²) < 4.78 is 0. The molecule has 1 nitrogen and oxygen atoms in total. The van der Waals surface area contributed by atoms with Crippen molar-refractivity contribution < 1.29 is 25.5 Å². The minimum atomic E-state index is -0.641. The van der Waals surface area contributed by atoms with Crippen molar-refractivity contribution in [3.63, 3.8) is 0 Å². The quantitative estimate of drug-likeness (QED) is 0.733. The first kappa shape index (κ1) is 14.2. The Bertz CT molecular complexity index is 93.7. The molecule has 1 N–H and O–H groups in total. The zero-order chi connectivity index (χ0) is 8.58. The molecule has 0 aromatic carbocycles. The summed E-state index contributed by atoms with van der Waals surface area (Å²) in [5, 5.41) is 9.58. The Morgan fingerprint density at radius 2 is 1.27 bits per heavy atom. The third-order valence-corrected chi connectivity index (χ3v) is 2.04. The molecule has 0 saturated heterocycles. The molecule has 0 unspecified atom stereocenters. The van der Waals surface area contributed by atoms with E-state index in [1.165, 1.54) is 0 Å². The molecule has 0 fully saturated rings. The Balaban J connectivity index is 0. The summed E-state index contributed by atoms with van der Waals surface area (Å²) in [6.07, 6.45) is 0. The van der Waals surface area contributed by atoms with Crippen LogP contribution in [0.3, 0.4) is 0 Å². The summed E-state index contributed by atoms with van der Waals surface area (Å²) in [4.78, 5) is 0. The minimum absolute atomic E-state index is 0. The van der Waals surface area contributed by atoms with Gasteiger partial charge in [0, 0.05) is 20.4 Å². The normalized spacial score (nSPS) is 13.1. The van der Waals surface area contributed by atoms with Gasteiger partial charge in [-0.1, -0.05) is 40.2 Å². The van der Waals surface area contributed by atoms with Crippen LogP contribution in [0.4, 0.5) is 0 Å². The molecule has 0 aliphatic heterocycles. The molecule has 0 aliphatic rings. The van der Waals surface area contributed by atoms with Crippen molar-refractivity contribution in [2.24, 2.45) is 5.41 Å². The fourth-order valence-electron chi connectivity index (χ4n) is 0.918. The second-order valence-electron chi connectivity index (χ2n) is 4.43. The van der Waals surface area contributed by atoms with Gasteiger partial charge >= 0.3 is 0 Å². The van der Waals surface area contributed by atoms with Gasteiger partial charge in [-0.3, -0.25) is 5.92 Å². The first-order chi connectivity index (χ1) is 4.15. The Kier molecular flexibility index (Phi) is 5.19. The summed E-state index contributed by atoms with van der Waals surface area (Å²) in [6, 6.07) is 0. The monoisotopic (exact) mass is 330 g/mol. The predicted octanol–water partition coefficient (Wildman–Crippen LogP) is 2.40. The molecule has 0 atom stereocenters. The zero-order valence-corrected chi connectivity index (χ0v) is 11.0. The Hall–Kier alpha value is 0.622. The minimum Gasteiger partial charge on any atom is -0.422 e. The molecule has 11 heavy (non-hydrogen) atoms. The van der Waals surface area contributed by atoms with Gasteiger partial charge in [0.25, 0.3) is 0 Å². The first-order valence-corrected chi connectivity index (χ1v) is 3.72. The van der Waals surface area contributed by atoms with Gasteiger partial charge in [-0.05, 0) is 0 Å². The van der Waals surface area contributed by atoms with E-state index in [2.05, 4.69) is 20.8 Å². The molecule has 0 spiro atoms. The van der Waals surface area contributed by atoms with Crippen molar-refractivity contribution in [1.82, 2.24) is 0 Å². The summed E-state index contributed by atoms with van der Waals surface area (Å²) in [6.45, 7) is 12.0. The smallest absolute Gasteiger partial charge is 0 e. The molecule has 2 heteroatoms. The van der Waals surface area contributed by atoms with Crippen LogP contribution in [0.1, 0.15) is 41.5 Å². The molecule has 0 saturated carbocycles. The van der Waals surface area contributed by atoms with Crippen LogP contribution in [0.25, 0.3) is 0 Å². The molecular weight excluding hydrogens is 310 g/mol. The second kappa shape index (κ2) is 4.03. The van der Waals surface area contributed by atoms with Gasteiger partial charge in [0.15, 0.2) is 0 Å². The van der Waals surface area contributed by atoms with Crippen LogP contribution in [0.5, 0.6) is 0 Å². The van der Waals surface area contributed by atoms with E-state index in [0.717, 1.165) is 5.92 Å². The molecule has 0 aromatic heterocycles. The van der Waals surface area contributed by atoms with E-state index in [1.54, 1.807) is 0 Å². The maximum Gasteiger partial charge on any atom is 0 e. The third-order valence-electron chi connectivity index (χ3n) is 2.04. The molecule has 0 bridgehead atoms. The third kappa shape index (κ3) is 4.96. The van der Waals surface area contributed by atoms with Crippen LogP contribution in [-0.4, -0.2) is 10.7 Å². The van der Waals surface area contributed by atoms with Crippen LogP contribution in [-0.2, 0) is 20.4 Å². The van der Waals surface area contributed by atoms with Crippen LogP contribution in [0.2, 0.25) is 0 Å². The summed E-state index contributed by atoms with van der Waals surface area (Å²) >= 11 is 0. The maximum atomic E-state index is 9.58. The van der Waals surface area contributed by atoms with Gasteiger partial charge in [-0.2, -0.15) is 12.3 Å². The molecule has 0 aliphatic carbocycles. The zero-order valence-electron chi connectivity index (χ0n) is 8.33. The number of rotatable bonds is 1. The maximum absolute atomic E-state index is 9.58. The van der Waals surface area contributed by atoms with E-state index in [1.807, 2.05) is 20.8 Å². The van der Waals surface area contributed by atoms with Gasteiger partial charge in [0.2, 0.25) is 0 Å². The predicted molar refractivity (Wildman–Crippen MR) is 44.7 cm³/mol. The van der Waals surface area contributed by atoms with Crippen LogP contribution in [0, 0.1) is 11.3 Å². The molecule has 1 radical (unpaired) electrons. The van der Waals surface area contributed by atoms with E-state index in [-0.39, 0.29) is 25.8 Å². The Labute approximate surface area is 84.2 Å². The van der Waals surface area contributed by atoms with Crippen LogP contribution < -0.4 is 0 Å². The topological polar surface area (TPSA) is 20.2 Å². The fourth-order valence-corrected chi connectivity index (χ4v) is 0.918. The van der Waals surface area contributed by atoms with E-state index >= 15 is 0 Å². The van der Waals surface area contributed by atoms with E-state index in [9.17, 15) is 5.11 Å².